The van der Waals surface area contributed by atoms with E-state index in [1.54, 1.807) is 41.4 Å². The van der Waals surface area contributed by atoms with Crippen molar-refractivity contribution in [3.63, 3.8) is 0 Å². The normalized spacial score (nSPS) is 10.9. The maximum atomic E-state index is 12.5. The Balaban J connectivity index is 1.71. The Morgan fingerprint density at radius 2 is 1.91 bits per heavy atom. The lowest BCUT2D eigenvalue weighted by atomic mass is 10.1. The Kier molecular flexibility index (Phi) is 3.01. The fourth-order valence-electron chi connectivity index (χ4n) is 2.31. The average molecular weight is 306 g/mol. The van der Waals surface area contributed by atoms with E-state index in [9.17, 15) is 4.79 Å². The molecule has 0 spiro atoms. The standard InChI is InChI=1S/C16H10N4OS/c21-16(11-2-1-3-12-15(11)18-7-6-17-12)20-10-4-5-14-13(8-10)19-9-22-14/h1-9H,(H,20,21). The van der Waals surface area contributed by atoms with Crippen LogP contribution in [0.25, 0.3) is 21.3 Å². The number of amides is 1. The number of nitrogens with zero attached hydrogens (tertiary/aromatic N) is 3. The van der Waals surface area contributed by atoms with E-state index < -0.39 is 0 Å². The Morgan fingerprint density at radius 1 is 1.00 bits per heavy atom. The van der Waals surface area contributed by atoms with Gasteiger partial charge in [-0.25, -0.2) is 4.98 Å². The smallest absolute Gasteiger partial charge is 0.257 e. The monoisotopic (exact) mass is 306 g/mol. The van der Waals surface area contributed by atoms with E-state index in [0.717, 1.165) is 10.2 Å². The van der Waals surface area contributed by atoms with Crippen molar-refractivity contribution in [1.29, 1.82) is 0 Å². The van der Waals surface area contributed by atoms with Crippen molar-refractivity contribution in [3.8, 4) is 0 Å². The van der Waals surface area contributed by atoms with Crippen molar-refractivity contribution in [2.45, 2.75) is 0 Å². The van der Waals surface area contributed by atoms with Gasteiger partial charge in [-0.2, -0.15) is 0 Å². The second-order valence-corrected chi connectivity index (χ2v) is 5.60. The summed E-state index contributed by atoms with van der Waals surface area (Å²) >= 11 is 1.57. The SMILES string of the molecule is O=C(Nc1ccc2scnc2c1)c1cccc2nccnc12. The second kappa shape index (κ2) is 5.16. The summed E-state index contributed by atoms with van der Waals surface area (Å²) in [7, 11) is 0. The van der Waals surface area contributed by atoms with Crippen molar-refractivity contribution in [3.05, 3.63) is 59.9 Å². The molecule has 4 aromatic rings. The number of anilines is 1. The van der Waals surface area contributed by atoms with Crippen LogP contribution in [0.4, 0.5) is 5.69 Å². The van der Waals surface area contributed by atoms with Gasteiger partial charge in [-0.3, -0.25) is 14.8 Å². The lowest BCUT2D eigenvalue weighted by Gasteiger charge is -2.07. The third-order valence-corrected chi connectivity index (χ3v) is 4.14. The van der Waals surface area contributed by atoms with E-state index in [1.807, 2.05) is 24.3 Å². The first kappa shape index (κ1) is 12.8. The van der Waals surface area contributed by atoms with Crippen LogP contribution >= 0.6 is 11.3 Å². The molecular weight excluding hydrogens is 296 g/mol. The van der Waals surface area contributed by atoms with Crippen LogP contribution in [0.15, 0.2) is 54.3 Å². The molecule has 1 amide bonds. The minimum absolute atomic E-state index is 0.208. The largest absolute Gasteiger partial charge is 0.322 e. The van der Waals surface area contributed by atoms with Gasteiger partial charge in [-0.15, -0.1) is 11.3 Å². The summed E-state index contributed by atoms with van der Waals surface area (Å²) in [5, 5.41) is 2.89. The molecule has 0 atom stereocenters. The van der Waals surface area contributed by atoms with Gasteiger partial charge in [0.2, 0.25) is 0 Å². The van der Waals surface area contributed by atoms with Crippen molar-refractivity contribution < 1.29 is 4.79 Å². The highest BCUT2D eigenvalue weighted by Gasteiger charge is 2.12. The number of carbonyl (C=O) groups excluding carboxylic acids is 1. The zero-order valence-electron chi connectivity index (χ0n) is 11.4. The molecule has 0 radical (unpaired) electrons. The molecule has 2 aromatic heterocycles. The van der Waals surface area contributed by atoms with Gasteiger partial charge in [0.25, 0.3) is 5.91 Å². The van der Waals surface area contributed by atoms with E-state index in [4.69, 9.17) is 0 Å². The summed E-state index contributed by atoms with van der Waals surface area (Å²) in [5.74, 6) is -0.208. The number of benzene rings is 2. The highest BCUT2D eigenvalue weighted by molar-refractivity contribution is 7.16. The van der Waals surface area contributed by atoms with Crippen molar-refractivity contribution >= 4 is 44.2 Å². The van der Waals surface area contributed by atoms with E-state index in [0.29, 0.717) is 22.3 Å². The number of hydrogen-bond donors (Lipinski definition) is 1. The molecular formula is C16H10N4OS. The second-order valence-electron chi connectivity index (χ2n) is 4.72. The molecule has 1 N–H and O–H groups in total. The molecule has 0 bridgehead atoms. The number of fused-ring (bicyclic) bond motifs is 2. The van der Waals surface area contributed by atoms with Gasteiger partial charge in [0, 0.05) is 18.1 Å². The maximum Gasteiger partial charge on any atom is 0.257 e. The quantitative estimate of drug-likeness (QED) is 0.615. The molecule has 0 aliphatic heterocycles. The lowest BCUT2D eigenvalue weighted by Crippen LogP contribution is -2.12. The Bertz CT molecular complexity index is 990. The van der Waals surface area contributed by atoms with Crippen LogP contribution in [-0.4, -0.2) is 20.9 Å². The highest BCUT2D eigenvalue weighted by atomic mass is 32.1. The van der Waals surface area contributed by atoms with Crippen LogP contribution in [0.5, 0.6) is 0 Å². The molecule has 0 aliphatic carbocycles. The average Bonchev–Trinajstić information content (AvgIpc) is 3.02. The van der Waals surface area contributed by atoms with Crippen LogP contribution in [0.1, 0.15) is 10.4 Å². The molecule has 5 nitrogen and oxygen atoms in total. The molecule has 106 valence electrons. The molecule has 4 rings (SSSR count). The summed E-state index contributed by atoms with van der Waals surface area (Å²) in [6.45, 7) is 0. The van der Waals surface area contributed by atoms with Gasteiger partial charge < -0.3 is 5.32 Å². The van der Waals surface area contributed by atoms with Crippen LogP contribution in [0.2, 0.25) is 0 Å². The molecule has 0 unspecified atom stereocenters. The number of thiazole rings is 1. The summed E-state index contributed by atoms with van der Waals surface area (Å²) in [4.78, 5) is 25.2. The first-order valence-corrected chi connectivity index (χ1v) is 7.53. The number of hydrogen-bond acceptors (Lipinski definition) is 5. The zero-order chi connectivity index (χ0) is 14.9. The molecule has 22 heavy (non-hydrogen) atoms. The molecule has 6 heteroatoms. The topological polar surface area (TPSA) is 67.8 Å². The molecule has 2 heterocycles. The van der Waals surface area contributed by atoms with Gasteiger partial charge in [0.05, 0.1) is 26.8 Å². The Labute approximate surface area is 129 Å². The van der Waals surface area contributed by atoms with E-state index in [-0.39, 0.29) is 5.91 Å². The van der Waals surface area contributed by atoms with Crippen molar-refractivity contribution in [1.82, 2.24) is 15.0 Å². The van der Waals surface area contributed by atoms with Gasteiger partial charge in [0.15, 0.2) is 0 Å². The third-order valence-electron chi connectivity index (χ3n) is 3.33. The summed E-state index contributed by atoms with van der Waals surface area (Å²) in [5.41, 5.74) is 5.17. The number of aromatic nitrogens is 3. The zero-order valence-corrected chi connectivity index (χ0v) is 12.2. The van der Waals surface area contributed by atoms with E-state index in [2.05, 4.69) is 20.3 Å². The number of rotatable bonds is 2. The summed E-state index contributed by atoms with van der Waals surface area (Å²) in [6, 6.07) is 11.1. The van der Waals surface area contributed by atoms with E-state index in [1.165, 1.54) is 0 Å². The third kappa shape index (κ3) is 2.19. The number of nitrogens with one attached hydrogen (secondary N) is 1. The minimum Gasteiger partial charge on any atom is -0.322 e. The summed E-state index contributed by atoms with van der Waals surface area (Å²) < 4.78 is 1.09. The predicted molar refractivity (Wildman–Crippen MR) is 87.1 cm³/mol. The molecule has 0 saturated heterocycles. The first-order valence-electron chi connectivity index (χ1n) is 6.65. The molecule has 2 aromatic carbocycles. The van der Waals surface area contributed by atoms with Crippen molar-refractivity contribution in [2.24, 2.45) is 0 Å². The number of carbonyl (C=O) groups is 1. The van der Waals surface area contributed by atoms with Crippen LogP contribution in [0, 0.1) is 0 Å². The van der Waals surface area contributed by atoms with Gasteiger partial charge in [-0.1, -0.05) is 6.07 Å². The van der Waals surface area contributed by atoms with Gasteiger partial charge >= 0.3 is 0 Å². The van der Waals surface area contributed by atoms with Gasteiger partial charge in [-0.05, 0) is 30.3 Å². The fraction of sp³-hybridized carbons (Fsp3) is 0. The number of para-hydroxylation sites is 1. The fourth-order valence-corrected chi connectivity index (χ4v) is 2.97. The van der Waals surface area contributed by atoms with Gasteiger partial charge in [0.1, 0.15) is 5.52 Å². The predicted octanol–water partition coefficient (Wildman–Crippen LogP) is 3.49. The van der Waals surface area contributed by atoms with Crippen molar-refractivity contribution in [2.75, 3.05) is 5.32 Å². The van der Waals surface area contributed by atoms with Crippen LogP contribution < -0.4 is 5.32 Å². The highest BCUT2D eigenvalue weighted by Crippen LogP contribution is 2.22. The summed E-state index contributed by atoms with van der Waals surface area (Å²) in [6.07, 6.45) is 3.20. The first-order chi connectivity index (χ1) is 10.8. The molecule has 0 aliphatic rings. The minimum atomic E-state index is -0.208. The van der Waals surface area contributed by atoms with Crippen LogP contribution in [0.3, 0.4) is 0 Å². The molecule has 0 fully saturated rings. The Morgan fingerprint density at radius 3 is 2.86 bits per heavy atom. The maximum absolute atomic E-state index is 12.5. The van der Waals surface area contributed by atoms with E-state index >= 15 is 0 Å². The lowest BCUT2D eigenvalue weighted by molar-refractivity contribution is 0.102. The Hall–Kier alpha value is -2.86. The van der Waals surface area contributed by atoms with Crippen LogP contribution in [-0.2, 0) is 0 Å². The molecule has 0 saturated carbocycles.